The first kappa shape index (κ1) is 9.26. The third-order valence-corrected chi connectivity index (χ3v) is 1.86. The van der Waals surface area contributed by atoms with Gasteiger partial charge in [-0.2, -0.15) is 0 Å². The molecule has 1 saturated heterocycles. The zero-order chi connectivity index (χ0) is 8.97. The smallest absolute Gasteiger partial charge is 0.213 e. The Balaban J connectivity index is 2.64. The van der Waals surface area contributed by atoms with Crippen LogP contribution in [-0.4, -0.2) is 30.9 Å². The predicted octanol–water partition coefficient (Wildman–Crippen LogP) is 0.588. The number of piperazine rings is 1. The summed E-state index contributed by atoms with van der Waals surface area (Å²) >= 11 is 0. The van der Waals surface area contributed by atoms with Gasteiger partial charge >= 0.3 is 0 Å². The molecule has 1 aliphatic rings. The van der Waals surface area contributed by atoms with E-state index in [0.717, 1.165) is 31.7 Å². The lowest BCUT2D eigenvalue weighted by molar-refractivity contribution is -0.116. The molecule has 0 bridgehead atoms. The van der Waals surface area contributed by atoms with Gasteiger partial charge in [-0.05, 0) is 5.92 Å². The summed E-state index contributed by atoms with van der Waals surface area (Å²) in [5.41, 5.74) is 1.10. The maximum Gasteiger partial charge on any atom is 0.213 e. The van der Waals surface area contributed by atoms with E-state index in [1.807, 2.05) is 0 Å². The van der Waals surface area contributed by atoms with Gasteiger partial charge < -0.3 is 10.2 Å². The molecule has 1 rings (SSSR count). The molecule has 0 aromatic heterocycles. The second-order valence-electron chi connectivity index (χ2n) is 3.38. The first-order chi connectivity index (χ1) is 5.74. The summed E-state index contributed by atoms with van der Waals surface area (Å²) in [7, 11) is 0. The van der Waals surface area contributed by atoms with Crippen LogP contribution in [0.2, 0.25) is 0 Å². The molecule has 1 heterocycles. The summed E-state index contributed by atoms with van der Waals surface area (Å²) in [5.74, 6) is 0.502. The van der Waals surface area contributed by atoms with E-state index in [-0.39, 0.29) is 0 Å². The molecule has 1 amide bonds. The molecule has 1 N–H and O–H groups in total. The number of carbonyl (C=O) groups is 1. The van der Waals surface area contributed by atoms with Crippen LogP contribution in [0.5, 0.6) is 0 Å². The molecule has 0 aromatic carbocycles. The Labute approximate surface area is 73.4 Å². The quantitative estimate of drug-likeness (QED) is 0.612. The molecule has 3 heteroatoms. The SMILES string of the molecule is CC(C)/C=C1\CNCCN1C=O. The average Bonchev–Trinajstić information content (AvgIpc) is 2.04. The molecule has 0 radical (unpaired) electrons. The Bertz CT molecular complexity index is 187. The highest BCUT2D eigenvalue weighted by Crippen LogP contribution is 2.08. The number of allylic oxidation sites excluding steroid dienone is 1. The topological polar surface area (TPSA) is 32.3 Å². The zero-order valence-electron chi connectivity index (χ0n) is 7.71. The second-order valence-corrected chi connectivity index (χ2v) is 3.38. The Morgan fingerprint density at radius 1 is 1.58 bits per heavy atom. The number of nitrogens with one attached hydrogen (secondary N) is 1. The van der Waals surface area contributed by atoms with Crippen molar-refractivity contribution in [3.8, 4) is 0 Å². The van der Waals surface area contributed by atoms with E-state index >= 15 is 0 Å². The second kappa shape index (κ2) is 4.26. The lowest BCUT2D eigenvalue weighted by Gasteiger charge is -2.27. The normalized spacial score (nSPS) is 21.9. The highest BCUT2D eigenvalue weighted by molar-refractivity contribution is 5.51. The van der Waals surface area contributed by atoms with E-state index in [9.17, 15) is 4.79 Å². The molecule has 68 valence electrons. The van der Waals surface area contributed by atoms with Crippen molar-refractivity contribution in [2.24, 2.45) is 5.92 Å². The average molecular weight is 168 g/mol. The summed E-state index contributed by atoms with van der Waals surface area (Å²) < 4.78 is 0. The minimum atomic E-state index is 0.502. The number of nitrogens with zero attached hydrogens (tertiary/aromatic N) is 1. The number of carbonyl (C=O) groups excluding carboxylic acids is 1. The van der Waals surface area contributed by atoms with Gasteiger partial charge in [0.2, 0.25) is 6.41 Å². The Kier molecular flexibility index (Phi) is 3.29. The van der Waals surface area contributed by atoms with Gasteiger partial charge in [0.05, 0.1) is 0 Å². The van der Waals surface area contributed by atoms with Crippen LogP contribution in [0.1, 0.15) is 13.8 Å². The van der Waals surface area contributed by atoms with Gasteiger partial charge in [0.1, 0.15) is 0 Å². The Morgan fingerprint density at radius 2 is 2.33 bits per heavy atom. The fourth-order valence-electron chi connectivity index (χ4n) is 1.32. The van der Waals surface area contributed by atoms with E-state index < -0.39 is 0 Å². The van der Waals surface area contributed by atoms with Gasteiger partial charge in [0.25, 0.3) is 0 Å². The van der Waals surface area contributed by atoms with Crippen molar-refractivity contribution in [2.75, 3.05) is 19.6 Å². The standard InChI is InChI=1S/C9H16N2O/c1-8(2)5-9-6-10-3-4-11(9)7-12/h5,7-8,10H,3-4,6H2,1-2H3/b9-5+. The Morgan fingerprint density at radius 3 is 2.92 bits per heavy atom. The van der Waals surface area contributed by atoms with E-state index in [1.165, 1.54) is 0 Å². The number of hydrogen-bond donors (Lipinski definition) is 1. The van der Waals surface area contributed by atoms with Crippen molar-refractivity contribution in [3.05, 3.63) is 11.8 Å². The molecule has 0 atom stereocenters. The highest BCUT2D eigenvalue weighted by Gasteiger charge is 2.12. The van der Waals surface area contributed by atoms with Crippen LogP contribution in [0.15, 0.2) is 11.8 Å². The molecule has 1 fully saturated rings. The van der Waals surface area contributed by atoms with Crippen molar-refractivity contribution in [1.29, 1.82) is 0 Å². The van der Waals surface area contributed by atoms with Crippen LogP contribution in [0.25, 0.3) is 0 Å². The maximum absolute atomic E-state index is 10.6. The molecule has 1 aliphatic heterocycles. The van der Waals surface area contributed by atoms with Crippen molar-refractivity contribution in [2.45, 2.75) is 13.8 Å². The molecule has 0 aliphatic carbocycles. The summed E-state index contributed by atoms with van der Waals surface area (Å²) in [6.07, 6.45) is 3.04. The molecule has 3 nitrogen and oxygen atoms in total. The summed E-state index contributed by atoms with van der Waals surface area (Å²) in [6.45, 7) is 6.74. The predicted molar refractivity (Wildman–Crippen MR) is 48.6 cm³/mol. The van der Waals surface area contributed by atoms with Crippen LogP contribution in [0.4, 0.5) is 0 Å². The lowest BCUT2D eigenvalue weighted by Crippen LogP contribution is -2.41. The van der Waals surface area contributed by atoms with Crippen molar-refractivity contribution in [1.82, 2.24) is 10.2 Å². The van der Waals surface area contributed by atoms with Crippen LogP contribution in [0, 0.1) is 5.92 Å². The van der Waals surface area contributed by atoms with Gasteiger partial charge in [-0.1, -0.05) is 19.9 Å². The van der Waals surface area contributed by atoms with Crippen LogP contribution >= 0.6 is 0 Å². The largest absolute Gasteiger partial charge is 0.317 e. The summed E-state index contributed by atoms with van der Waals surface area (Å²) in [4.78, 5) is 12.4. The molecule has 12 heavy (non-hydrogen) atoms. The third-order valence-electron chi connectivity index (χ3n) is 1.86. The van der Waals surface area contributed by atoms with E-state index in [4.69, 9.17) is 0 Å². The summed E-state index contributed by atoms with van der Waals surface area (Å²) in [5, 5.41) is 3.24. The number of amides is 1. The maximum atomic E-state index is 10.6. The fourth-order valence-corrected chi connectivity index (χ4v) is 1.32. The van der Waals surface area contributed by atoms with Gasteiger partial charge in [-0.3, -0.25) is 4.79 Å². The van der Waals surface area contributed by atoms with Gasteiger partial charge in [-0.25, -0.2) is 0 Å². The van der Waals surface area contributed by atoms with Gasteiger partial charge in [0, 0.05) is 25.3 Å². The molecule has 0 unspecified atom stereocenters. The number of rotatable bonds is 2. The zero-order valence-corrected chi connectivity index (χ0v) is 7.71. The van der Waals surface area contributed by atoms with Gasteiger partial charge in [-0.15, -0.1) is 0 Å². The van der Waals surface area contributed by atoms with Crippen molar-refractivity contribution in [3.63, 3.8) is 0 Å². The Hall–Kier alpha value is -0.830. The van der Waals surface area contributed by atoms with Crippen molar-refractivity contribution < 1.29 is 4.79 Å². The fraction of sp³-hybridized carbons (Fsp3) is 0.667. The molecular formula is C9H16N2O. The summed E-state index contributed by atoms with van der Waals surface area (Å²) in [6, 6.07) is 0. The number of hydrogen-bond acceptors (Lipinski definition) is 2. The van der Waals surface area contributed by atoms with Crippen LogP contribution < -0.4 is 5.32 Å². The molecule has 0 spiro atoms. The first-order valence-corrected chi connectivity index (χ1v) is 4.37. The minimum Gasteiger partial charge on any atom is -0.317 e. The van der Waals surface area contributed by atoms with Gasteiger partial charge in [0.15, 0.2) is 0 Å². The molecular weight excluding hydrogens is 152 g/mol. The van der Waals surface area contributed by atoms with E-state index in [1.54, 1.807) is 4.90 Å². The third kappa shape index (κ3) is 2.34. The van der Waals surface area contributed by atoms with Crippen LogP contribution in [0.3, 0.4) is 0 Å². The lowest BCUT2D eigenvalue weighted by atomic mass is 10.1. The van der Waals surface area contributed by atoms with E-state index in [2.05, 4.69) is 25.2 Å². The minimum absolute atomic E-state index is 0.502. The van der Waals surface area contributed by atoms with Crippen LogP contribution in [-0.2, 0) is 4.79 Å². The first-order valence-electron chi connectivity index (χ1n) is 4.37. The van der Waals surface area contributed by atoms with Crippen molar-refractivity contribution >= 4 is 6.41 Å². The monoisotopic (exact) mass is 168 g/mol. The molecule has 0 saturated carbocycles. The molecule has 0 aromatic rings. The van der Waals surface area contributed by atoms with E-state index in [0.29, 0.717) is 5.92 Å². The highest BCUT2D eigenvalue weighted by atomic mass is 16.1.